The topological polar surface area (TPSA) is 107 Å². The third-order valence-electron chi connectivity index (χ3n) is 4.11. The maximum absolute atomic E-state index is 12.3. The van der Waals surface area contributed by atoms with Gasteiger partial charge in [-0.05, 0) is 23.9 Å². The summed E-state index contributed by atoms with van der Waals surface area (Å²) in [6, 6.07) is 10.3. The van der Waals surface area contributed by atoms with Crippen molar-refractivity contribution >= 4 is 23.0 Å². The van der Waals surface area contributed by atoms with Gasteiger partial charge in [0.2, 0.25) is 11.7 Å². The van der Waals surface area contributed by atoms with E-state index < -0.39 is 37.2 Å². The Balaban J connectivity index is 2.11. The van der Waals surface area contributed by atoms with Crippen molar-refractivity contribution in [3.8, 4) is 0 Å². The van der Waals surface area contributed by atoms with Crippen LogP contribution < -0.4 is 5.32 Å². The maximum atomic E-state index is 12.3. The number of rotatable bonds is 8. The number of carbonyl (C=O) groups excluding carboxylic acids is 2. The Hall–Kier alpha value is -2.06. The lowest BCUT2D eigenvalue weighted by atomic mass is 9.95. The van der Waals surface area contributed by atoms with Gasteiger partial charge in [-0.25, -0.2) is 0 Å². The summed E-state index contributed by atoms with van der Waals surface area (Å²) in [5.74, 6) is -1.08. The molecular formula is C18H21NO5S. The quantitative estimate of drug-likeness (QED) is 0.522. The van der Waals surface area contributed by atoms with Crippen molar-refractivity contribution in [2.75, 3.05) is 19.8 Å². The molecule has 25 heavy (non-hydrogen) atoms. The smallest absolute Gasteiger partial charge is 0.227 e. The molecule has 2 aromatic rings. The summed E-state index contributed by atoms with van der Waals surface area (Å²) < 4.78 is 0. The number of hydrogen-bond donors (Lipinski definition) is 4. The molecule has 1 heterocycles. The lowest BCUT2D eigenvalue weighted by molar-refractivity contribution is -0.126. The largest absolute Gasteiger partial charge is 0.394 e. The first-order valence-corrected chi connectivity index (χ1v) is 8.67. The van der Waals surface area contributed by atoms with Crippen LogP contribution in [0.3, 0.4) is 0 Å². The molecule has 0 spiro atoms. The highest BCUT2D eigenvalue weighted by Gasteiger charge is 2.31. The van der Waals surface area contributed by atoms with Crippen molar-refractivity contribution in [1.29, 1.82) is 0 Å². The van der Waals surface area contributed by atoms with Crippen molar-refractivity contribution in [3.63, 3.8) is 0 Å². The number of benzene rings is 1. The zero-order valence-corrected chi connectivity index (χ0v) is 14.6. The zero-order valence-electron chi connectivity index (χ0n) is 13.8. The molecule has 7 heteroatoms. The molecule has 0 fully saturated rings. The number of amides is 1. The van der Waals surface area contributed by atoms with Gasteiger partial charge >= 0.3 is 0 Å². The zero-order chi connectivity index (χ0) is 18.4. The fourth-order valence-corrected chi connectivity index (χ4v) is 2.95. The molecule has 0 radical (unpaired) electrons. The van der Waals surface area contributed by atoms with Crippen LogP contribution in [0.25, 0.3) is 0 Å². The van der Waals surface area contributed by atoms with Crippen LogP contribution in [-0.4, -0.2) is 52.4 Å². The first kappa shape index (κ1) is 19.3. The predicted molar refractivity (Wildman–Crippen MR) is 94.7 cm³/mol. The molecule has 1 aromatic heterocycles. The summed E-state index contributed by atoms with van der Waals surface area (Å²) in [5.41, 5.74) is -0.238. The first-order valence-electron chi connectivity index (χ1n) is 7.79. The second-order valence-electron chi connectivity index (χ2n) is 5.89. The van der Waals surface area contributed by atoms with E-state index in [9.17, 15) is 24.9 Å². The Kier molecular flexibility index (Phi) is 6.44. The summed E-state index contributed by atoms with van der Waals surface area (Å²) in [6.07, 6.45) is 0. The summed E-state index contributed by atoms with van der Waals surface area (Å²) in [6.45, 7) is -0.0611. The number of aliphatic hydroxyl groups excluding tert-OH is 3. The highest BCUT2D eigenvalue weighted by molar-refractivity contribution is 7.12. The van der Waals surface area contributed by atoms with E-state index in [1.54, 1.807) is 37.3 Å². The lowest BCUT2D eigenvalue weighted by Gasteiger charge is -2.30. The van der Waals surface area contributed by atoms with E-state index >= 15 is 0 Å². The van der Waals surface area contributed by atoms with Crippen LogP contribution in [0.1, 0.15) is 33.6 Å². The standard InChI is InChI=1S/C18H21NO5S/c1-12(17(24)19-18(9-20,10-21)11-22)13-4-6-14(7-5-13)16(23)15-3-2-8-25-15/h2-8,12,20-22H,9-11H2,1H3,(H,19,24). The fourth-order valence-electron chi connectivity index (χ4n) is 2.26. The second kappa shape index (κ2) is 8.35. The third-order valence-corrected chi connectivity index (χ3v) is 4.98. The summed E-state index contributed by atoms with van der Waals surface area (Å²) in [7, 11) is 0. The van der Waals surface area contributed by atoms with Gasteiger partial charge in [-0.3, -0.25) is 9.59 Å². The summed E-state index contributed by atoms with van der Waals surface area (Å²) >= 11 is 1.37. The van der Waals surface area contributed by atoms with Gasteiger partial charge in [-0.2, -0.15) is 0 Å². The van der Waals surface area contributed by atoms with Gasteiger partial charge in [0.25, 0.3) is 0 Å². The minimum atomic E-state index is -1.46. The number of carbonyl (C=O) groups is 2. The third kappa shape index (κ3) is 4.32. The van der Waals surface area contributed by atoms with E-state index in [0.717, 1.165) is 0 Å². The van der Waals surface area contributed by atoms with Crippen molar-refractivity contribution < 1.29 is 24.9 Å². The number of ketones is 1. The van der Waals surface area contributed by atoms with E-state index in [4.69, 9.17) is 0 Å². The summed E-state index contributed by atoms with van der Waals surface area (Å²) in [5, 5.41) is 32.2. The molecule has 0 aliphatic carbocycles. The van der Waals surface area contributed by atoms with Crippen LogP contribution in [0.15, 0.2) is 41.8 Å². The molecule has 1 unspecified atom stereocenters. The molecule has 0 bridgehead atoms. The molecule has 0 aliphatic heterocycles. The normalized spacial score (nSPS) is 12.6. The minimum Gasteiger partial charge on any atom is -0.394 e. The Morgan fingerprint density at radius 3 is 2.16 bits per heavy atom. The van der Waals surface area contributed by atoms with Gasteiger partial charge in [0, 0.05) is 5.56 Å². The Morgan fingerprint density at radius 1 is 1.08 bits per heavy atom. The van der Waals surface area contributed by atoms with E-state index in [1.165, 1.54) is 11.3 Å². The highest BCUT2D eigenvalue weighted by atomic mass is 32.1. The number of aliphatic hydroxyl groups is 3. The van der Waals surface area contributed by atoms with E-state index in [0.29, 0.717) is 16.0 Å². The molecule has 4 N–H and O–H groups in total. The van der Waals surface area contributed by atoms with Gasteiger partial charge in [-0.1, -0.05) is 30.3 Å². The van der Waals surface area contributed by atoms with Crippen molar-refractivity contribution in [2.45, 2.75) is 18.4 Å². The van der Waals surface area contributed by atoms with Gasteiger partial charge in [-0.15, -0.1) is 11.3 Å². The number of hydrogen-bond acceptors (Lipinski definition) is 6. The minimum absolute atomic E-state index is 0.0708. The van der Waals surface area contributed by atoms with Gasteiger partial charge < -0.3 is 20.6 Å². The average Bonchev–Trinajstić information content (AvgIpc) is 3.20. The van der Waals surface area contributed by atoms with E-state index in [2.05, 4.69) is 5.32 Å². The second-order valence-corrected chi connectivity index (χ2v) is 6.84. The fraction of sp³-hybridized carbons (Fsp3) is 0.333. The number of thiophene rings is 1. The molecule has 1 atom stereocenters. The highest BCUT2D eigenvalue weighted by Crippen LogP contribution is 2.20. The van der Waals surface area contributed by atoms with Crippen molar-refractivity contribution in [3.05, 3.63) is 57.8 Å². The monoisotopic (exact) mass is 363 g/mol. The molecule has 1 aromatic carbocycles. The molecular weight excluding hydrogens is 342 g/mol. The SMILES string of the molecule is CC(C(=O)NC(CO)(CO)CO)c1ccc(C(=O)c2cccs2)cc1. The molecule has 0 saturated carbocycles. The molecule has 6 nitrogen and oxygen atoms in total. The van der Waals surface area contributed by atoms with Crippen LogP contribution >= 0.6 is 11.3 Å². The Bertz CT molecular complexity index is 699. The first-order chi connectivity index (χ1) is 12.0. The molecule has 134 valence electrons. The van der Waals surface area contributed by atoms with Crippen LogP contribution in [0.4, 0.5) is 0 Å². The number of nitrogens with one attached hydrogen (secondary N) is 1. The predicted octanol–water partition coefficient (Wildman–Crippen LogP) is 0.915. The van der Waals surface area contributed by atoms with Gasteiger partial charge in [0.1, 0.15) is 5.54 Å². The van der Waals surface area contributed by atoms with Crippen molar-refractivity contribution in [1.82, 2.24) is 5.32 Å². The maximum Gasteiger partial charge on any atom is 0.227 e. The van der Waals surface area contributed by atoms with Gasteiger partial charge in [0.15, 0.2) is 0 Å². The molecule has 0 aliphatic rings. The molecule has 0 saturated heterocycles. The lowest BCUT2D eigenvalue weighted by Crippen LogP contribution is -2.57. The Labute approximate surface area is 149 Å². The average molecular weight is 363 g/mol. The van der Waals surface area contributed by atoms with Crippen LogP contribution in [0.5, 0.6) is 0 Å². The molecule has 2 rings (SSSR count). The molecule has 1 amide bonds. The van der Waals surface area contributed by atoms with Crippen LogP contribution in [0, 0.1) is 0 Å². The van der Waals surface area contributed by atoms with E-state index in [1.807, 2.05) is 11.4 Å². The van der Waals surface area contributed by atoms with Crippen LogP contribution in [0.2, 0.25) is 0 Å². The van der Waals surface area contributed by atoms with Crippen LogP contribution in [-0.2, 0) is 4.79 Å². The Morgan fingerprint density at radius 2 is 1.68 bits per heavy atom. The van der Waals surface area contributed by atoms with Crippen molar-refractivity contribution in [2.24, 2.45) is 0 Å². The van der Waals surface area contributed by atoms with Gasteiger partial charge in [0.05, 0.1) is 30.6 Å². The summed E-state index contributed by atoms with van der Waals surface area (Å²) in [4.78, 5) is 25.3. The van der Waals surface area contributed by atoms with E-state index in [-0.39, 0.29) is 5.78 Å².